The first-order chi connectivity index (χ1) is 8.71. The molecule has 1 heterocycles. The van der Waals surface area contributed by atoms with Gasteiger partial charge < -0.3 is 14.2 Å². The molecule has 1 rings (SSSR count). The van der Waals surface area contributed by atoms with E-state index in [9.17, 15) is 4.79 Å². The molecule has 0 N–H and O–H groups in total. The summed E-state index contributed by atoms with van der Waals surface area (Å²) in [7, 11) is 3.17. The highest BCUT2D eigenvalue weighted by atomic mass is 32.1. The fourth-order valence-corrected chi connectivity index (χ4v) is 2.20. The molecule has 0 amide bonds. The number of esters is 1. The first-order valence-corrected chi connectivity index (χ1v) is 6.61. The van der Waals surface area contributed by atoms with Gasteiger partial charge in [0.05, 0.1) is 25.9 Å². The van der Waals surface area contributed by atoms with Crippen LogP contribution in [-0.4, -0.2) is 26.8 Å². The van der Waals surface area contributed by atoms with Crippen LogP contribution >= 0.6 is 11.3 Å². The maximum Gasteiger partial charge on any atom is 0.334 e. The molecule has 0 radical (unpaired) electrons. The van der Waals surface area contributed by atoms with Gasteiger partial charge in [-0.15, -0.1) is 0 Å². The lowest BCUT2D eigenvalue weighted by atomic mass is 10.1. The minimum absolute atomic E-state index is 0.114. The summed E-state index contributed by atoms with van der Waals surface area (Å²) in [5.41, 5.74) is 1.08. The smallest absolute Gasteiger partial charge is 0.334 e. The number of carbonyl (C=O) groups is 1. The van der Waals surface area contributed by atoms with E-state index >= 15 is 0 Å². The van der Waals surface area contributed by atoms with Crippen LogP contribution in [0, 0.1) is 0 Å². The van der Waals surface area contributed by atoms with E-state index in [2.05, 4.69) is 0 Å². The van der Waals surface area contributed by atoms with Crippen LogP contribution in [0.15, 0.2) is 28.7 Å². The van der Waals surface area contributed by atoms with Crippen molar-refractivity contribution in [3.05, 3.63) is 34.2 Å². The van der Waals surface area contributed by atoms with Gasteiger partial charge in [-0.3, -0.25) is 0 Å². The summed E-state index contributed by atoms with van der Waals surface area (Å²) in [6, 6.07) is 2.00. The second kappa shape index (κ2) is 7.89. The van der Waals surface area contributed by atoms with Gasteiger partial charge in [0.2, 0.25) is 0 Å². The Balaban J connectivity index is 2.69. The summed E-state index contributed by atoms with van der Waals surface area (Å²) in [5, 5.41) is 4.01. The van der Waals surface area contributed by atoms with Crippen LogP contribution in [-0.2, 0) is 19.0 Å². The summed E-state index contributed by atoms with van der Waals surface area (Å²) in [5.74, 6) is 0.154. The Bertz CT molecular complexity index is 384. The molecular formula is C13H18O4S. The SMILES string of the molecule is CCOC(=O)/C=C(/CC(OC)c1ccsc1)OC. The van der Waals surface area contributed by atoms with Crippen molar-refractivity contribution >= 4 is 17.3 Å². The number of thiophene rings is 1. The van der Waals surface area contributed by atoms with Gasteiger partial charge in [-0.2, -0.15) is 11.3 Å². The number of methoxy groups -OCH3 is 2. The average Bonchev–Trinajstić information content (AvgIpc) is 2.88. The lowest BCUT2D eigenvalue weighted by molar-refractivity contribution is -0.137. The van der Waals surface area contributed by atoms with E-state index in [1.807, 2.05) is 16.8 Å². The Kier molecular flexibility index (Phi) is 6.46. The summed E-state index contributed by atoms with van der Waals surface area (Å²) in [6.07, 6.45) is 1.75. The van der Waals surface area contributed by atoms with Crippen LogP contribution in [0.2, 0.25) is 0 Å². The second-order valence-corrected chi connectivity index (χ2v) is 4.33. The maximum atomic E-state index is 11.4. The number of rotatable bonds is 7. The standard InChI is InChI=1S/C13H18O4S/c1-4-17-13(14)8-11(15-2)7-12(16-3)10-5-6-18-9-10/h5-6,8-9,12H,4,7H2,1-3H3/b11-8-. The Hall–Kier alpha value is -1.33. The number of ether oxygens (including phenoxy) is 3. The van der Waals surface area contributed by atoms with Gasteiger partial charge in [0.25, 0.3) is 0 Å². The third-order valence-corrected chi connectivity index (χ3v) is 3.12. The molecule has 5 heteroatoms. The minimum atomic E-state index is -0.394. The van der Waals surface area contributed by atoms with E-state index in [0.29, 0.717) is 18.8 Å². The van der Waals surface area contributed by atoms with Crippen molar-refractivity contribution in [2.75, 3.05) is 20.8 Å². The molecule has 0 bridgehead atoms. The second-order valence-electron chi connectivity index (χ2n) is 3.55. The summed E-state index contributed by atoms with van der Waals surface area (Å²) in [4.78, 5) is 11.4. The zero-order valence-corrected chi connectivity index (χ0v) is 11.7. The highest BCUT2D eigenvalue weighted by molar-refractivity contribution is 7.07. The van der Waals surface area contributed by atoms with Gasteiger partial charge >= 0.3 is 5.97 Å². The van der Waals surface area contributed by atoms with Crippen molar-refractivity contribution < 1.29 is 19.0 Å². The first kappa shape index (κ1) is 14.7. The van der Waals surface area contributed by atoms with Crippen LogP contribution in [0.5, 0.6) is 0 Å². The van der Waals surface area contributed by atoms with Gasteiger partial charge in [-0.05, 0) is 29.3 Å². The Morgan fingerprint density at radius 1 is 1.50 bits per heavy atom. The molecule has 0 fully saturated rings. The van der Waals surface area contributed by atoms with E-state index in [-0.39, 0.29) is 6.10 Å². The number of hydrogen-bond donors (Lipinski definition) is 0. The van der Waals surface area contributed by atoms with Crippen molar-refractivity contribution in [2.45, 2.75) is 19.4 Å². The molecule has 1 aromatic rings. The molecule has 0 spiro atoms. The summed E-state index contributed by atoms with van der Waals surface area (Å²) >= 11 is 1.61. The molecule has 18 heavy (non-hydrogen) atoms. The predicted molar refractivity (Wildman–Crippen MR) is 70.4 cm³/mol. The zero-order chi connectivity index (χ0) is 13.4. The van der Waals surface area contributed by atoms with Crippen molar-refractivity contribution in [1.82, 2.24) is 0 Å². The highest BCUT2D eigenvalue weighted by Crippen LogP contribution is 2.26. The Morgan fingerprint density at radius 3 is 2.78 bits per heavy atom. The van der Waals surface area contributed by atoms with Crippen LogP contribution in [0.3, 0.4) is 0 Å². The molecule has 100 valence electrons. The van der Waals surface area contributed by atoms with Gasteiger partial charge in [-0.25, -0.2) is 4.79 Å². The monoisotopic (exact) mass is 270 g/mol. The van der Waals surface area contributed by atoms with Gasteiger partial charge in [0, 0.05) is 13.5 Å². The largest absolute Gasteiger partial charge is 0.501 e. The van der Waals surface area contributed by atoms with E-state index in [4.69, 9.17) is 14.2 Å². The minimum Gasteiger partial charge on any atom is -0.501 e. The molecular weight excluding hydrogens is 252 g/mol. The van der Waals surface area contributed by atoms with Crippen LogP contribution in [0.1, 0.15) is 25.0 Å². The Morgan fingerprint density at radius 2 is 2.28 bits per heavy atom. The summed E-state index contributed by atoms with van der Waals surface area (Å²) in [6.45, 7) is 2.12. The van der Waals surface area contributed by atoms with Crippen LogP contribution < -0.4 is 0 Å². The van der Waals surface area contributed by atoms with E-state index < -0.39 is 5.97 Å². The zero-order valence-electron chi connectivity index (χ0n) is 10.8. The number of hydrogen-bond acceptors (Lipinski definition) is 5. The Labute approximate surface area is 111 Å². The fraction of sp³-hybridized carbons (Fsp3) is 0.462. The third-order valence-electron chi connectivity index (χ3n) is 2.41. The molecule has 1 atom stereocenters. The molecule has 4 nitrogen and oxygen atoms in total. The molecule has 1 aromatic heterocycles. The van der Waals surface area contributed by atoms with Crippen molar-refractivity contribution in [2.24, 2.45) is 0 Å². The molecule has 0 aromatic carbocycles. The molecule has 0 saturated heterocycles. The van der Waals surface area contributed by atoms with Crippen LogP contribution in [0.25, 0.3) is 0 Å². The topological polar surface area (TPSA) is 44.8 Å². The fourth-order valence-electron chi connectivity index (χ4n) is 1.49. The quantitative estimate of drug-likeness (QED) is 0.434. The van der Waals surface area contributed by atoms with E-state index in [1.54, 1.807) is 25.4 Å². The average molecular weight is 270 g/mol. The first-order valence-electron chi connectivity index (χ1n) is 5.67. The maximum absolute atomic E-state index is 11.4. The normalized spacial score (nSPS) is 13.2. The van der Waals surface area contributed by atoms with E-state index in [1.165, 1.54) is 13.2 Å². The molecule has 1 unspecified atom stereocenters. The van der Waals surface area contributed by atoms with Crippen LogP contribution in [0.4, 0.5) is 0 Å². The third kappa shape index (κ3) is 4.50. The van der Waals surface area contributed by atoms with E-state index in [0.717, 1.165) is 5.56 Å². The predicted octanol–water partition coefficient (Wildman–Crippen LogP) is 2.92. The van der Waals surface area contributed by atoms with Gasteiger partial charge in [0.1, 0.15) is 5.76 Å². The van der Waals surface area contributed by atoms with Gasteiger partial charge in [-0.1, -0.05) is 0 Å². The number of carbonyl (C=O) groups excluding carboxylic acids is 1. The van der Waals surface area contributed by atoms with Crippen molar-refractivity contribution in [1.29, 1.82) is 0 Å². The van der Waals surface area contributed by atoms with Crippen molar-refractivity contribution in [3.63, 3.8) is 0 Å². The molecule has 0 aliphatic carbocycles. The lowest BCUT2D eigenvalue weighted by Crippen LogP contribution is -2.06. The molecule has 0 aliphatic rings. The summed E-state index contributed by atoms with van der Waals surface area (Å²) < 4.78 is 15.4. The van der Waals surface area contributed by atoms with Gasteiger partial charge in [0.15, 0.2) is 0 Å². The highest BCUT2D eigenvalue weighted by Gasteiger charge is 2.15. The lowest BCUT2D eigenvalue weighted by Gasteiger charge is -2.15. The molecule has 0 aliphatic heterocycles. The molecule has 0 saturated carbocycles. The van der Waals surface area contributed by atoms with Crippen molar-refractivity contribution in [3.8, 4) is 0 Å².